The van der Waals surface area contributed by atoms with Gasteiger partial charge in [-0.2, -0.15) is 0 Å². The molecule has 1 heterocycles. The van der Waals surface area contributed by atoms with E-state index in [1.165, 1.54) is 6.42 Å². The van der Waals surface area contributed by atoms with Crippen LogP contribution >= 0.6 is 11.6 Å². The second-order valence-electron chi connectivity index (χ2n) is 8.75. The smallest absolute Gasteiger partial charge is 0.309 e. The van der Waals surface area contributed by atoms with E-state index in [4.69, 9.17) is 16.3 Å². The molecule has 1 aliphatic carbocycles. The van der Waals surface area contributed by atoms with Gasteiger partial charge in [0.2, 0.25) is 11.8 Å². The van der Waals surface area contributed by atoms with Gasteiger partial charge in [0.1, 0.15) is 6.61 Å². The van der Waals surface area contributed by atoms with Gasteiger partial charge in [-0.05, 0) is 49.3 Å². The van der Waals surface area contributed by atoms with E-state index < -0.39 is 5.92 Å². The lowest BCUT2D eigenvalue weighted by atomic mass is 9.84. The number of carbonyl (C=O) groups is 3. The third kappa shape index (κ3) is 7.97. The lowest BCUT2D eigenvalue weighted by molar-refractivity contribution is -0.152. The first-order valence-corrected chi connectivity index (χ1v) is 12.0. The van der Waals surface area contributed by atoms with Gasteiger partial charge in [-0.3, -0.25) is 14.4 Å². The SMILES string of the molecule is O=C(C[C@@H]1C/C=C\CCC(=O)N[C@H](C2CCCCC2)COC1=O)NCc1ccc(Cl)cc1. The van der Waals surface area contributed by atoms with Crippen molar-refractivity contribution < 1.29 is 19.1 Å². The molecule has 2 amide bonds. The number of amides is 2. The highest BCUT2D eigenvalue weighted by Crippen LogP contribution is 2.27. The molecule has 1 aromatic rings. The molecule has 6 nitrogen and oxygen atoms in total. The molecule has 0 spiro atoms. The summed E-state index contributed by atoms with van der Waals surface area (Å²) >= 11 is 5.89. The topological polar surface area (TPSA) is 84.5 Å². The lowest BCUT2D eigenvalue weighted by Crippen LogP contribution is -2.45. The van der Waals surface area contributed by atoms with Gasteiger partial charge in [0.05, 0.1) is 12.0 Å². The zero-order valence-corrected chi connectivity index (χ0v) is 19.2. The van der Waals surface area contributed by atoms with Gasteiger partial charge >= 0.3 is 5.97 Å². The number of cyclic esters (lactones) is 1. The fourth-order valence-electron chi connectivity index (χ4n) is 4.36. The Kier molecular flexibility index (Phi) is 9.60. The largest absolute Gasteiger partial charge is 0.463 e. The number of hydrogen-bond acceptors (Lipinski definition) is 4. The summed E-state index contributed by atoms with van der Waals surface area (Å²) in [6, 6.07) is 7.11. The maximum absolute atomic E-state index is 12.8. The summed E-state index contributed by atoms with van der Waals surface area (Å²) in [5, 5.41) is 6.60. The first-order chi connectivity index (χ1) is 15.5. The number of rotatable bonds is 5. The highest BCUT2D eigenvalue weighted by atomic mass is 35.5. The standard InChI is InChI=1S/C25H33ClN2O4/c26-21-13-11-18(12-14-21)16-27-24(30)15-20-9-5-2-6-10-23(29)28-22(17-32-25(20)31)19-7-3-1-4-8-19/h2,5,11-14,19-20,22H,1,3-4,6-10,15-17H2,(H,27,30)(H,28,29)/b5-2-/t20-,22-/m0/s1. The van der Waals surface area contributed by atoms with Gasteiger partial charge in [0.25, 0.3) is 0 Å². The molecule has 3 rings (SSSR count). The average Bonchev–Trinajstić information content (AvgIpc) is 2.80. The third-order valence-electron chi connectivity index (χ3n) is 6.26. The maximum Gasteiger partial charge on any atom is 0.309 e. The number of benzene rings is 1. The number of hydrogen-bond donors (Lipinski definition) is 2. The Morgan fingerprint density at radius 1 is 1.09 bits per heavy atom. The predicted molar refractivity (Wildman–Crippen MR) is 124 cm³/mol. The molecular weight excluding hydrogens is 428 g/mol. The van der Waals surface area contributed by atoms with Crippen molar-refractivity contribution >= 4 is 29.4 Å². The Bertz CT molecular complexity index is 803. The Morgan fingerprint density at radius 2 is 1.84 bits per heavy atom. The van der Waals surface area contributed by atoms with Crippen LogP contribution in [0.5, 0.6) is 0 Å². The molecule has 2 aliphatic rings. The van der Waals surface area contributed by atoms with Gasteiger partial charge < -0.3 is 15.4 Å². The predicted octanol–water partition coefficient (Wildman–Crippen LogP) is 4.31. The molecule has 1 saturated carbocycles. The van der Waals surface area contributed by atoms with Crippen molar-refractivity contribution in [1.82, 2.24) is 10.6 Å². The normalized spacial score (nSPS) is 24.4. The van der Waals surface area contributed by atoms with Crippen LogP contribution in [0.25, 0.3) is 0 Å². The number of allylic oxidation sites excluding steroid dienone is 2. The molecule has 0 radical (unpaired) electrons. The van der Waals surface area contributed by atoms with E-state index in [0.29, 0.717) is 36.7 Å². The van der Waals surface area contributed by atoms with E-state index in [1.54, 1.807) is 12.1 Å². The summed E-state index contributed by atoms with van der Waals surface area (Å²) < 4.78 is 5.64. The number of ether oxygens (including phenoxy) is 1. The summed E-state index contributed by atoms with van der Waals surface area (Å²) in [4.78, 5) is 37.6. The molecule has 2 N–H and O–H groups in total. The summed E-state index contributed by atoms with van der Waals surface area (Å²) in [5.41, 5.74) is 0.940. The van der Waals surface area contributed by atoms with Crippen LogP contribution in [0.1, 0.15) is 63.4 Å². The van der Waals surface area contributed by atoms with Crippen molar-refractivity contribution in [3.8, 4) is 0 Å². The van der Waals surface area contributed by atoms with Crippen LogP contribution in [0.3, 0.4) is 0 Å². The zero-order chi connectivity index (χ0) is 22.8. The minimum Gasteiger partial charge on any atom is -0.463 e. The zero-order valence-electron chi connectivity index (χ0n) is 18.5. The summed E-state index contributed by atoms with van der Waals surface area (Å²) in [6.07, 6.45) is 10.9. The number of carbonyl (C=O) groups excluding carboxylic acids is 3. The summed E-state index contributed by atoms with van der Waals surface area (Å²) in [7, 11) is 0. The summed E-state index contributed by atoms with van der Waals surface area (Å²) in [5.74, 6) is -0.787. The quantitative estimate of drug-likeness (QED) is 0.506. The molecule has 0 unspecified atom stereocenters. The Balaban J connectivity index is 1.58. The summed E-state index contributed by atoms with van der Waals surface area (Å²) in [6.45, 7) is 0.547. The van der Waals surface area contributed by atoms with Gasteiger partial charge in [-0.15, -0.1) is 0 Å². The van der Waals surface area contributed by atoms with Crippen LogP contribution in [0, 0.1) is 11.8 Å². The van der Waals surface area contributed by atoms with Gasteiger partial charge in [-0.25, -0.2) is 0 Å². The highest BCUT2D eigenvalue weighted by molar-refractivity contribution is 6.30. The van der Waals surface area contributed by atoms with E-state index in [-0.39, 0.29) is 36.9 Å². The molecule has 0 aromatic heterocycles. The monoisotopic (exact) mass is 460 g/mol. The fraction of sp³-hybridized carbons (Fsp3) is 0.560. The van der Waals surface area contributed by atoms with E-state index in [2.05, 4.69) is 10.6 Å². The molecule has 0 bridgehead atoms. The minimum atomic E-state index is -0.543. The number of nitrogens with one attached hydrogen (secondary N) is 2. The molecule has 1 fully saturated rings. The van der Waals surface area contributed by atoms with Gasteiger partial charge in [0, 0.05) is 24.4 Å². The Labute approximate surface area is 195 Å². The number of esters is 1. The van der Waals surface area contributed by atoms with Crippen molar-refractivity contribution in [3.05, 3.63) is 47.0 Å². The maximum atomic E-state index is 12.8. The molecule has 174 valence electrons. The van der Waals surface area contributed by atoms with Crippen molar-refractivity contribution in [1.29, 1.82) is 0 Å². The van der Waals surface area contributed by atoms with Crippen LogP contribution in [-0.2, 0) is 25.7 Å². The second kappa shape index (κ2) is 12.6. The van der Waals surface area contributed by atoms with Crippen molar-refractivity contribution in [3.63, 3.8) is 0 Å². The first-order valence-electron chi connectivity index (χ1n) is 11.6. The van der Waals surface area contributed by atoms with E-state index >= 15 is 0 Å². The first kappa shape index (κ1) is 24.3. The van der Waals surface area contributed by atoms with Gasteiger partial charge in [-0.1, -0.05) is 55.1 Å². The molecule has 7 heteroatoms. The van der Waals surface area contributed by atoms with E-state index in [1.807, 2.05) is 24.3 Å². The molecule has 0 saturated heterocycles. The van der Waals surface area contributed by atoms with Crippen LogP contribution in [-0.4, -0.2) is 30.4 Å². The van der Waals surface area contributed by atoms with Crippen LogP contribution in [0.4, 0.5) is 0 Å². The van der Waals surface area contributed by atoms with Crippen molar-refractivity contribution in [2.75, 3.05) is 6.61 Å². The minimum absolute atomic E-state index is 0.0000248. The van der Waals surface area contributed by atoms with Crippen LogP contribution in [0.2, 0.25) is 5.02 Å². The second-order valence-corrected chi connectivity index (χ2v) is 9.19. The Hall–Kier alpha value is -2.34. The average molecular weight is 461 g/mol. The third-order valence-corrected chi connectivity index (χ3v) is 6.52. The number of halogens is 1. The lowest BCUT2D eigenvalue weighted by Gasteiger charge is -2.31. The molecule has 32 heavy (non-hydrogen) atoms. The molecule has 2 atom stereocenters. The van der Waals surface area contributed by atoms with E-state index in [9.17, 15) is 14.4 Å². The van der Waals surface area contributed by atoms with Crippen molar-refractivity contribution in [2.45, 2.75) is 70.4 Å². The molecular formula is C25H33ClN2O4. The molecule has 1 aliphatic heterocycles. The van der Waals surface area contributed by atoms with Crippen LogP contribution in [0.15, 0.2) is 36.4 Å². The van der Waals surface area contributed by atoms with Crippen molar-refractivity contribution in [2.24, 2.45) is 11.8 Å². The molecule has 1 aromatic carbocycles. The van der Waals surface area contributed by atoms with E-state index in [0.717, 1.165) is 31.2 Å². The van der Waals surface area contributed by atoms with Crippen LogP contribution < -0.4 is 10.6 Å². The fourth-order valence-corrected chi connectivity index (χ4v) is 4.48. The van der Waals surface area contributed by atoms with Gasteiger partial charge in [0.15, 0.2) is 0 Å². The highest BCUT2D eigenvalue weighted by Gasteiger charge is 2.29. The Morgan fingerprint density at radius 3 is 2.59 bits per heavy atom.